The molecule has 0 spiro atoms. The van der Waals surface area contributed by atoms with Crippen LogP contribution in [-0.4, -0.2) is 8.76 Å². The van der Waals surface area contributed by atoms with Crippen molar-refractivity contribution in [1.29, 1.82) is 0 Å². The van der Waals surface area contributed by atoms with Crippen LogP contribution >= 0.6 is 0 Å². The summed E-state index contributed by atoms with van der Waals surface area (Å²) in [5.74, 6) is 0.362. The number of hydrogen-bond acceptors (Lipinski definition) is 3. The number of benzene rings is 1. The van der Waals surface area contributed by atoms with Crippen molar-refractivity contribution >= 4 is 11.4 Å². The van der Waals surface area contributed by atoms with Gasteiger partial charge in [0, 0.05) is 0 Å². The third-order valence-corrected chi connectivity index (χ3v) is 1.69. The van der Waals surface area contributed by atoms with Crippen molar-refractivity contribution in [1.82, 2.24) is 0 Å². The molecule has 1 unspecified atom stereocenters. The number of rotatable bonds is 2. The van der Waals surface area contributed by atoms with Crippen LogP contribution in [0.2, 0.25) is 0 Å². The molecule has 1 rings (SSSR count). The lowest BCUT2D eigenvalue weighted by Crippen LogP contribution is -1.98. The molecule has 0 saturated heterocycles. The highest BCUT2D eigenvalue weighted by Crippen LogP contribution is 2.16. The second-order valence-electron chi connectivity index (χ2n) is 2.61. The molecule has 0 saturated carbocycles. The Hall–Kier alpha value is -0.870. The lowest BCUT2D eigenvalue weighted by molar-refractivity contribution is 0.440. The Morgan fingerprint density at radius 1 is 1.25 bits per heavy atom. The predicted octanol–water partition coefficient (Wildman–Crippen LogP) is 1.48. The van der Waals surface area contributed by atoms with Crippen molar-refractivity contribution < 1.29 is 12.9 Å². The molecule has 1 aromatic carbocycles. The molecule has 12 heavy (non-hydrogen) atoms. The molecule has 0 amide bonds. The maximum absolute atomic E-state index is 10.2. The van der Waals surface area contributed by atoms with E-state index in [0.29, 0.717) is 5.75 Å². The van der Waals surface area contributed by atoms with E-state index in [1.54, 1.807) is 12.1 Å². The van der Waals surface area contributed by atoms with E-state index in [4.69, 9.17) is 0 Å². The quantitative estimate of drug-likeness (QED) is 0.655. The molecular formula is C8H9O3S-. The summed E-state index contributed by atoms with van der Waals surface area (Å²) < 4.78 is 24.8. The molecule has 0 aliphatic carbocycles. The third-order valence-electron chi connectivity index (χ3n) is 1.36. The molecule has 0 bridgehead atoms. The summed E-state index contributed by atoms with van der Waals surface area (Å²) in [5, 5.41) is 0. The molecule has 0 aromatic heterocycles. The summed E-state index contributed by atoms with van der Waals surface area (Å²) in [6, 6.07) is 5.28. The van der Waals surface area contributed by atoms with Crippen LogP contribution < -0.4 is 4.18 Å². The van der Waals surface area contributed by atoms with Gasteiger partial charge in [-0.05, 0) is 37.1 Å². The minimum Gasteiger partial charge on any atom is -0.740 e. The van der Waals surface area contributed by atoms with Gasteiger partial charge in [0.2, 0.25) is 0 Å². The molecule has 1 atom stereocenters. The maximum Gasteiger partial charge on any atom is 0.139 e. The molecule has 1 aromatic rings. The summed E-state index contributed by atoms with van der Waals surface area (Å²) in [5.41, 5.74) is 1.96. The Morgan fingerprint density at radius 3 is 2.17 bits per heavy atom. The SMILES string of the molecule is Cc1cc(C)cc(OS(=O)[O-])c1. The van der Waals surface area contributed by atoms with Crippen LogP contribution in [0.1, 0.15) is 11.1 Å². The largest absolute Gasteiger partial charge is 0.740 e. The van der Waals surface area contributed by atoms with Gasteiger partial charge in [-0.3, -0.25) is 0 Å². The van der Waals surface area contributed by atoms with Crippen molar-refractivity contribution in [2.75, 3.05) is 0 Å². The zero-order chi connectivity index (χ0) is 9.14. The molecule has 0 heterocycles. The summed E-state index contributed by atoms with van der Waals surface area (Å²) >= 11 is -2.48. The second kappa shape index (κ2) is 3.69. The van der Waals surface area contributed by atoms with Gasteiger partial charge in [0.05, 0.1) is 0 Å². The highest BCUT2D eigenvalue weighted by Gasteiger charge is 1.95. The molecule has 0 fully saturated rings. The summed E-state index contributed by atoms with van der Waals surface area (Å²) in [4.78, 5) is 0. The van der Waals surface area contributed by atoms with E-state index in [0.717, 1.165) is 11.1 Å². The second-order valence-corrected chi connectivity index (χ2v) is 3.19. The average Bonchev–Trinajstić information content (AvgIpc) is 1.81. The van der Waals surface area contributed by atoms with Gasteiger partial charge in [-0.25, -0.2) is 4.21 Å². The Kier molecular flexibility index (Phi) is 2.83. The standard InChI is InChI=1S/C8H10O3S/c1-6-3-7(2)5-8(4-6)11-12(9)10/h3-5H,1-2H3,(H,9,10)/p-1. The van der Waals surface area contributed by atoms with Crippen LogP contribution in [0.25, 0.3) is 0 Å². The van der Waals surface area contributed by atoms with Crippen molar-refractivity contribution in [2.24, 2.45) is 0 Å². The van der Waals surface area contributed by atoms with Crippen molar-refractivity contribution in [3.05, 3.63) is 29.3 Å². The third kappa shape index (κ3) is 2.64. The topological polar surface area (TPSA) is 49.4 Å². The zero-order valence-corrected chi connectivity index (χ0v) is 7.68. The van der Waals surface area contributed by atoms with Crippen LogP contribution in [0.15, 0.2) is 18.2 Å². The van der Waals surface area contributed by atoms with Gasteiger partial charge >= 0.3 is 0 Å². The highest BCUT2D eigenvalue weighted by atomic mass is 32.2. The van der Waals surface area contributed by atoms with E-state index in [2.05, 4.69) is 4.18 Å². The van der Waals surface area contributed by atoms with E-state index in [9.17, 15) is 8.76 Å². The van der Waals surface area contributed by atoms with E-state index >= 15 is 0 Å². The van der Waals surface area contributed by atoms with Crippen LogP contribution in [-0.2, 0) is 11.4 Å². The first-order chi connectivity index (χ1) is 5.58. The molecule has 0 N–H and O–H groups in total. The van der Waals surface area contributed by atoms with E-state index < -0.39 is 11.4 Å². The first-order valence-electron chi connectivity index (χ1n) is 3.44. The van der Waals surface area contributed by atoms with Crippen molar-refractivity contribution in [3.63, 3.8) is 0 Å². The van der Waals surface area contributed by atoms with Crippen LogP contribution in [0.4, 0.5) is 0 Å². The minimum absolute atomic E-state index is 0.362. The summed E-state index contributed by atoms with van der Waals surface area (Å²) in [6.07, 6.45) is 0. The molecule has 0 radical (unpaired) electrons. The molecular weight excluding hydrogens is 176 g/mol. The number of aryl methyl sites for hydroxylation is 2. The Labute approximate surface area is 73.9 Å². The van der Waals surface area contributed by atoms with Crippen molar-refractivity contribution in [3.8, 4) is 5.75 Å². The monoisotopic (exact) mass is 185 g/mol. The Morgan fingerprint density at radius 2 is 1.75 bits per heavy atom. The van der Waals surface area contributed by atoms with Gasteiger partial charge < -0.3 is 8.74 Å². The molecule has 3 nitrogen and oxygen atoms in total. The molecule has 0 aliphatic heterocycles. The molecule has 4 heteroatoms. The smallest absolute Gasteiger partial charge is 0.139 e. The first kappa shape index (κ1) is 9.22. The average molecular weight is 185 g/mol. The van der Waals surface area contributed by atoms with Crippen LogP contribution in [0.5, 0.6) is 5.75 Å². The predicted molar refractivity (Wildman–Crippen MR) is 45.5 cm³/mol. The van der Waals surface area contributed by atoms with Gasteiger partial charge in [0.25, 0.3) is 0 Å². The van der Waals surface area contributed by atoms with Crippen LogP contribution in [0.3, 0.4) is 0 Å². The van der Waals surface area contributed by atoms with Crippen LogP contribution in [0, 0.1) is 13.8 Å². The zero-order valence-electron chi connectivity index (χ0n) is 6.87. The van der Waals surface area contributed by atoms with Gasteiger partial charge in [0.15, 0.2) is 0 Å². The molecule has 66 valence electrons. The first-order valence-corrected chi connectivity index (χ1v) is 4.44. The van der Waals surface area contributed by atoms with Gasteiger partial charge in [-0.2, -0.15) is 0 Å². The minimum atomic E-state index is -2.48. The lowest BCUT2D eigenvalue weighted by Gasteiger charge is -2.08. The Bertz CT molecular complexity index is 289. The highest BCUT2D eigenvalue weighted by molar-refractivity contribution is 7.74. The fraction of sp³-hybridized carbons (Fsp3) is 0.250. The number of hydrogen-bond donors (Lipinski definition) is 0. The normalized spacial score (nSPS) is 12.6. The van der Waals surface area contributed by atoms with E-state index in [1.165, 1.54) is 0 Å². The van der Waals surface area contributed by atoms with E-state index in [1.807, 2.05) is 19.9 Å². The van der Waals surface area contributed by atoms with E-state index in [-0.39, 0.29) is 0 Å². The Balaban J connectivity index is 2.93. The van der Waals surface area contributed by atoms with Gasteiger partial charge in [0.1, 0.15) is 17.1 Å². The van der Waals surface area contributed by atoms with Gasteiger partial charge in [-0.15, -0.1) is 0 Å². The molecule has 0 aliphatic rings. The lowest BCUT2D eigenvalue weighted by atomic mass is 10.1. The fourth-order valence-electron chi connectivity index (χ4n) is 1.06. The van der Waals surface area contributed by atoms with Gasteiger partial charge in [-0.1, -0.05) is 6.07 Å². The summed E-state index contributed by atoms with van der Waals surface area (Å²) in [7, 11) is 0. The fourth-order valence-corrected chi connectivity index (χ4v) is 1.31. The van der Waals surface area contributed by atoms with Crippen molar-refractivity contribution in [2.45, 2.75) is 13.8 Å². The maximum atomic E-state index is 10.2. The summed E-state index contributed by atoms with van der Waals surface area (Å²) in [6.45, 7) is 3.77.